The first-order valence-corrected chi connectivity index (χ1v) is 5.93. The molecule has 0 fully saturated rings. The molecule has 0 spiro atoms. The van der Waals surface area contributed by atoms with Crippen LogP contribution in [0.3, 0.4) is 0 Å². The molecule has 3 aromatic rings. The minimum Gasteiger partial charge on any atom is -0.494 e. The van der Waals surface area contributed by atoms with E-state index in [0.29, 0.717) is 0 Å². The summed E-state index contributed by atoms with van der Waals surface area (Å²) in [5.41, 5.74) is 1.97. The number of aromatic nitrogens is 2. The average molecular weight is 259 g/mol. The summed E-state index contributed by atoms with van der Waals surface area (Å²) in [5.74, 6) is 1.69. The van der Waals surface area contributed by atoms with E-state index in [1.807, 2.05) is 53.2 Å². The summed E-state index contributed by atoms with van der Waals surface area (Å²) in [6.07, 6.45) is 3.78. The van der Waals surface area contributed by atoms with E-state index in [1.54, 1.807) is 7.11 Å². The van der Waals surface area contributed by atoms with Crippen LogP contribution >= 0.6 is 11.6 Å². The molecule has 0 unspecified atom stereocenters. The second-order valence-electron chi connectivity index (χ2n) is 3.92. The minimum atomic E-state index is 0.720. The number of imidazole rings is 1. The molecule has 4 heteroatoms. The number of halogens is 1. The molecule has 2 aromatic heterocycles. The topological polar surface area (TPSA) is 26.5 Å². The maximum absolute atomic E-state index is 5.89. The zero-order chi connectivity index (χ0) is 12.5. The predicted octanol–water partition coefficient (Wildman–Crippen LogP) is 3.66. The van der Waals surface area contributed by atoms with Crippen molar-refractivity contribution < 1.29 is 4.74 Å². The summed E-state index contributed by atoms with van der Waals surface area (Å²) < 4.78 is 7.32. The van der Waals surface area contributed by atoms with Crippen LogP contribution in [0.2, 0.25) is 5.02 Å². The molecule has 0 bridgehead atoms. The molecule has 0 saturated heterocycles. The fourth-order valence-corrected chi connectivity index (χ4v) is 2.11. The number of fused-ring (bicyclic) bond motifs is 1. The third kappa shape index (κ3) is 1.73. The van der Waals surface area contributed by atoms with Crippen LogP contribution < -0.4 is 4.74 Å². The Hall–Kier alpha value is -2.00. The summed E-state index contributed by atoms with van der Waals surface area (Å²) in [6.45, 7) is 0. The maximum atomic E-state index is 5.89. The first-order valence-electron chi connectivity index (χ1n) is 5.55. The molecule has 0 saturated carbocycles. The highest BCUT2D eigenvalue weighted by atomic mass is 35.5. The number of pyridine rings is 1. The van der Waals surface area contributed by atoms with Gasteiger partial charge in [-0.2, -0.15) is 0 Å². The Kier molecular flexibility index (Phi) is 2.68. The molecule has 0 aliphatic carbocycles. The fourth-order valence-electron chi connectivity index (χ4n) is 1.98. The molecular weight excluding hydrogens is 248 g/mol. The molecule has 0 radical (unpaired) electrons. The van der Waals surface area contributed by atoms with Crippen molar-refractivity contribution in [1.29, 1.82) is 0 Å². The van der Waals surface area contributed by atoms with E-state index in [2.05, 4.69) is 4.98 Å². The number of ether oxygens (including phenoxy) is 1. The Labute approximate surface area is 110 Å². The van der Waals surface area contributed by atoms with Crippen LogP contribution in [-0.2, 0) is 0 Å². The van der Waals surface area contributed by atoms with Gasteiger partial charge in [-0.25, -0.2) is 4.98 Å². The Morgan fingerprint density at radius 3 is 2.67 bits per heavy atom. The molecule has 18 heavy (non-hydrogen) atoms. The van der Waals surface area contributed by atoms with Crippen LogP contribution in [0.1, 0.15) is 0 Å². The van der Waals surface area contributed by atoms with Gasteiger partial charge in [0.25, 0.3) is 0 Å². The Bertz CT molecular complexity index is 689. The lowest BCUT2D eigenvalue weighted by Gasteiger charge is -2.04. The molecule has 2 heterocycles. The van der Waals surface area contributed by atoms with Crippen LogP contribution in [0.25, 0.3) is 16.9 Å². The third-order valence-corrected chi connectivity index (χ3v) is 3.11. The van der Waals surface area contributed by atoms with Crippen molar-refractivity contribution in [2.45, 2.75) is 0 Å². The molecule has 90 valence electrons. The largest absolute Gasteiger partial charge is 0.494 e. The minimum absolute atomic E-state index is 0.720. The molecule has 0 aliphatic rings. The standard InChI is InChI=1S/C14H11ClN2O/c1-18-13-3-2-8-17-12(13)9-16-14(17)10-4-6-11(15)7-5-10/h2-9H,1H3. The van der Waals surface area contributed by atoms with Gasteiger partial charge in [0.1, 0.15) is 17.1 Å². The van der Waals surface area contributed by atoms with E-state index in [9.17, 15) is 0 Å². The monoisotopic (exact) mass is 258 g/mol. The van der Waals surface area contributed by atoms with E-state index in [-0.39, 0.29) is 0 Å². The van der Waals surface area contributed by atoms with Crippen LogP contribution in [-0.4, -0.2) is 16.5 Å². The SMILES string of the molecule is COc1cccn2c(-c3ccc(Cl)cc3)ncc12. The average Bonchev–Trinajstić information content (AvgIpc) is 2.83. The van der Waals surface area contributed by atoms with Crippen molar-refractivity contribution in [2.24, 2.45) is 0 Å². The number of nitrogens with zero attached hydrogens (tertiary/aromatic N) is 2. The molecule has 0 atom stereocenters. The molecule has 0 amide bonds. The van der Waals surface area contributed by atoms with Gasteiger partial charge in [-0.15, -0.1) is 0 Å². The highest BCUT2D eigenvalue weighted by molar-refractivity contribution is 6.30. The van der Waals surface area contributed by atoms with Crippen LogP contribution in [0.5, 0.6) is 5.75 Å². The smallest absolute Gasteiger partial charge is 0.144 e. The first kappa shape index (κ1) is 11.1. The number of hydrogen-bond acceptors (Lipinski definition) is 2. The summed E-state index contributed by atoms with van der Waals surface area (Å²) in [6, 6.07) is 11.5. The number of hydrogen-bond donors (Lipinski definition) is 0. The van der Waals surface area contributed by atoms with E-state index < -0.39 is 0 Å². The second kappa shape index (κ2) is 4.35. The zero-order valence-electron chi connectivity index (χ0n) is 9.80. The van der Waals surface area contributed by atoms with Crippen LogP contribution in [0, 0.1) is 0 Å². The van der Waals surface area contributed by atoms with E-state index >= 15 is 0 Å². The van der Waals surface area contributed by atoms with Gasteiger partial charge in [-0.1, -0.05) is 11.6 Å². The predicted molar refractivity (Wildman–Crippen MR) is 72.2 cm³/mol. The van der Waals surface area contributed by atoms with Gasteiger partial charge in [0.2, 0.25) is 0 Å². The molecular formula is C14H11ClN2O. The van der Waals surface area contributed by atoms with Gasteiger partial charge in [-0.3, -0.25) is 4.40 Å². The summed E-state index contributed by atoms with van der Waals surface area (Å²) >= 11 is 5.89. The van der Waals surface area contributed by atoms with Crippen molar-refractivity contribution in [3.8, 4) is 17.1 Å². The van der Waals surface area contributed by atoms with Gasteiger partial charge in [0.15, 0.2) is 0 Å². The Morgan fingerprint density at radius 2 is 1.94 bits per heavy atom. The third-order valence-electron chi connectivity index (χ3n) is 2.85. The quantitative estimate of drug-likeness (QED) is 0.701. The van der Waals surface area contributed by atoms with Gasteiger partial charge >= 0.3 is 0 Å². The van der Waals surface area contributed by atoms with Crippen LogP contribution in [0.15, 0.2) is 48.8 Å². The van der Waals surface area contributed by atoms with Crippen molar-refractivity contribution in [3.63, 3.8) is 0 Å². The van der Waals surface area contributed by atoms with Crippen molar-refractivity contribution in [1.82, 2.24) is 9.38 Å². The van der Waals surface area contributed by atoms with Crippen molar-refractivity contribution >= 4 is 17.1 Å². The molecule has 3 nitrogen and oxygen atoms in total. The van der Waals surface area contributed by atoms with Gasteiger partial charge < -0.3 is 4.74 Å². The summed E-state index contributed by atoms with van der Waals surface area (Å²) in [4.78, 5) is 4.44. The second-order valence-corrected chi connectivity index (χ2v) is 4.36. The van der Waals surface area contributed by atoms with Crippen molar-refractivity contribution in [3.05, 3.63) is 53.8 Å². The molecule has 0 aliphatic heterocycles. The lowest BCUT2D eigenvalue weighted by molar-refractivity contribution is 0.418. The first-order chi connectivity index (χ1) is 8.79. The lowest BCUT2D eigenvalue weighted by atomic mass is 10.2. The van der Waals surface area contributed by atoms with Crippen LogP contribution in [0.4, 0.5) is 0 Å². The van der Waals surface area contributed by atoms with E-state index in [1.165, 1.54) is 0 Å². The van der Waals surface area contributed by atoms with Gasteiger partial charge in [0, 0.05) is 16.8 Å². The normalized spacial score (nSPS) is 10.8. The Morgan fingerprint density at radius 1 is 1.17 bits per heavy atom. The molecule has 1 aromatic carbocycles. The lowest BCUT2D eigenvalue weighted by Crippen LogP contribution is -1.91. The summed E-state index contributed by atoms with van der Waals surface area (Å²) in [5, 5.41) is 0.720. The zero-order valence-corrected chi connectivity index (χ0v) is 10.6. The van der Waals surface area contributed by atoms with E-state index in [0.717, 1.165) is 27.7 Å². The van der Waals surface area contributed by atoms with Crippen molar-refractivity contribution in [2.75, 3.05) is 7.11 Å². The molecule has 3 rings (SSSR count). The maximum Gasteiger partial charge on any atom is 0.144 e. The Balaban J connectivity index is 2.21. The number of benzene rings is 1. The summed E-state index contributed by atoms with van der Waals surface area (Å²) in [7, 11) is 1.66. The van der Waals surface area contributed by atoms with E-state index in [4.69, 9.17) is 16.3 Å². The number of methoxy groups -OCH3 is 1. The van der Waals surface area contributed by atoms with Gasteiger partial charge in [0.05, 0.1) is 13.3 Å². The molecule has 0 N–H and O–H groups in total. The highest BCUT2D eigenvalue weighted by Crippen LogP contribution is 2.26. The van der Waals surface area contributed by atoms with Gasteiger partial charge in [-0.05, 0) is 36.4 Å². The highest BCUT2D eigenvalue weighted by Gasteiger charge is 2.08. The fraction of sp³-hybridized carbons (Fsp3) is 0.0714. The number of rotatable bonds is 2.